The Balaban J connectivity index is 2.23. The van der Waals surface area contributed by atoms with Gasteiger partial charge < -0.3 is 10.1 Å². The highest BCUT2D eigenvalue weighted by Gasteiger charge is 2.09. The Morgan fingerprint density at radius 1 is 1.35 bits per heavy atom. The van der Waals surface area contributed by atoms with Crippen LogP contribution < -0.4 is 10.1 Å². The van der Waals surface area contributed by atoms with Gasteiger partial charge in [-0.25, -0.2) is 9.97 Å². The van der Waals surface area contributed by atoms with Crippen LogP contribution >= 0.6 is 0 Å². The fraction of sp³-hybridized carbons (Fsp3) is 0.364. The SMILES string of the molecule is CCNc1ncnc(Oc2cc(C)[nH]n2)c1C. The number of nitrogens with zero attached hydrogens (tertiary/aromatic N) is 3. The summed E-state index contributed by atoms with van der Waals surface area (Å²) >= 11 is 0. The van der Waals surface area contributed by atoms with Crippen LogP contribution in [0, 0.1) is 13.8 Å². The maximum absolute atomic E-state index is 5.58. The molecule has 90 valence electrons. The largest absolute Gasteiger partial charge is 0.419 e. The Kier molecular flexibility index (Phi) is 3.22. The predicted molar refractivity (Wildman–Crippen MR) is 64.3 cm³/mol. The monoisotopic (exact) mass is 233 g/mol. The smallest absolute Gasteiger partial charge is 0.240 e. The molecule has 0 radical (unpaired) electrons. The van der Waals surface area contributed by atoms with Crippen LogP contribution in [-0.4, -0.2) is 26.7 Å². The molecular weight excluding hydrogens is 218 g/mol. The van der Waals surface area contributed by atoms with Crippen molar-refractivity contribution in [3.05, 3.63) is 23.7 Å². The summed E-state index contributed by atoms with van der Waals surface area (Å²) in [7, 11) is 0. The van der Waals surface area contributed by atoms with Gasteiger partial charge in [0.25, 0.3) is 0 Å². The fourth-order valence-corrected chi connectivity index (χ4v) is 1.43. The average Bonchev–Trinajstić information content (AvgIpc) is 2.70. The number of nitrogens with one attached hydrogen (secondary N) is 2. The third-order valence-electron chi connectivity index (χ3n) is 2.27. The lowest BCUT2D eigenvalue weighted by Crippen LogP contribution is -2.03. The molecule has 0 aliphatic rings. The molecule has 0 aromatic carbocycles. The van der Waals surface area contributed by atoms with Crippen LogP contribution in [0.25, 0.3) is 0 Å². The Hall–Kier alpha value is -2.11. The molecule has 6 heteroatoms. The first-order valence-corrected chi connectivity index (χ1v) is 5.46. The van der Waals surface area contributed by atoms with Crippen molar-refractivity contribution >= 4 is 5.82 Å². The standard InChI is InChI=1S/C11H15N5O/c1-4-12-10-8(3)11(14-6-13-10)17-9-5-7(2)15-16-9/h5-6H,4H2,1-3H3,(H,15,16)(H,12,13,14). The van der Waals surface area contributed by atoms with Crippen LogP contribution in [-0.2, 0) is 0 Å². The van der Waals surface area contributed by atoms with E-state index in [-0.39, 0.29) is 0 Å². The highest BCUT2D eigenvalue weighted by atomic mass is 16.5. The number of H-pyrrole nitrogens is 1. The van der Waals surface area contributed by atoms with Crippen molar-refractivity contribution in [1.82, 2.24) is 20.2 Å². The third kappa shape index (κ3) is 2.52. The first kappa shape index (κ1) is 11.4. The van der Waals surface area contributed by atoms with E-state index in [9.17, 15) is 0 Å². The topological polar surface area (TPSA) is 75.7 Å². The Bertz CT molecular complexity index is 508. The van der Waals surface area contributed by atoms with Crippen LogP contribution in [0.5, 0.6) is 11.8 Å². The van der Waals surface area contributed by atoms with E-state index in [0.717, 1.165) is 23.6 Å². The third-order valence-corrected chi connectivity index (χ3v) is 2.27. The average molecular weight is 233 g/mol. The van der Waals surface area contributed by atoms with Gasteiger partial charge in [0.15, 0.2) is 0 Å². The Labute approximate surface area is 99.4 Å². The summed E-state index contributed by atoms with van der Waals surface area (Å²) in [5, 5.41) is 9.96. The number of hydrogen-bond donors (Lipinski definition) is 2. The molecule has 0 aliphatic heterocycles. The number of rotatable bonds is 4. The van der Waals surface area contributed by atoms with Crippen molar-refractivity contribution in [3.8, 4) is 11.8 Å². The maximum Gasteiger partial charge on any atom is 0.240 e. The molecule has 0 aliphatic carbocycles. The number of hydrogen-bond acceptors (Lipinski definition) is 5. The molecule has 2 aromatic rings. The van der Waals surface area contributed by atoms with Gasteiger partial charge in [-0.3, -0.25) is 5.10 Å². The summed E-state index contributed by atoms with van der Waals surface area (Å²) in [5.74, 6) is 1.80. The van der Waals surface area contributed by atoms with Crippen LogP contribution in [0.15, 0.2) is 12.4 Å². The molecule has 0 atom stereocenters. The van der Waals surface area contributed by atoms with Crippen LogP contribution in [0.2, 0.25) is 0 Å². The predicted octanol–water partition coefficient (Wildman–Crippen LogP) is 2.04. The summed E-state index contributed by atoms with van der Waals surface area (Å²) in [6.07, 6.45) is 1.47. The van der Waals surface area contributed by atoms with Crippen molar-refractivity contribution in [2.45, 2.75) is 20.8 Å². The van der Waals surface area contributed by atoms with E-state index in [2.05, 4.69) is 25.5 Å². The van der Waals surface area contributed by atoms with E-state index in [1.54, 1.807) is 0 Å². The number of aromatic nitrogens is 4. The zero-order valence-electron chi connectivity index (χ0n) is 10.1. The summed E-state index contributed by atoms with van der Waals surface area (Å²) in [5.41, 5.74) is 1.81. The second-order valence-corrected chi connectivity index (χ2v) is 3.67. The van der Waals surface area contributed by atoms with E-state index in [4.69, 9.17) is 4.74 Å². The molecule has 0 bridgehead atoms. The summed E-state index contributed by atoms with van der Waals surface area (Å²) in [6.45, 7) is 6.64. The summed E-state index contributed by atoms with van der Waals surface area (Å²) in [6, 6.07) is 1.81. The highest BCUT2D eigenvalue weighted by Crippen LogP contribution is 2.24. The molecule has 17 heavy (non-hydrogen) atoms. The zero-order chi connectivity index (χ0) is 12.3. The molecule has 2 aromatic heterocycles. The number of anilines is 1. The van der Waals surface area contributed by atoms with E-state index in [1.807, 2.05) is 26.8 Å². The molecule has 0 saturated heterocycles. The first-order valence-electron chi connectivity index (χ1n) is 5.46. The molecule has 6 nitrogen and oxygen atoms in total. The molecule has 2 N–H and O–H groups in total. The minimum absolute atomic E-state index is 0.506. The van der Waals surface area contributed by atoms with Gasteiger partial charge in [0.1, 0.15) is 12.1 Å². The van der Waals surface area contributed by atoms with Crippen molar-refractivity contribution < 1.29 is 4.74 Å². The van der Waals surface area contributed by atoms with Crippen molar-refractivity contribution in [1.29, 1.82) is 0 Å². The van der Waals surface area contributed by atoms with Crippen molar-refractivity contribution in [2.75, 3.05) is 11.9 Å². The van der Waals surface area contributed by atoms with Gasteiger partial charge in [-0.05, 0) is 20.8 Å². The van der Waals surface area contributed by atoms with Gasteiger partial charge in [-0.15, -0.1) is 5.10 Å². The molecule has 0 saturated carbocycles. The second kappa shape index (κ2) is 4.82. The van der Waals surface area contributed by atoms with Crippen LogP contribution in [0.3, 0.4) is 0 Å². The number of aryl methyl sites for hydroxylation is 1. The first-order chi connectivity index (χ1) is 8.20. The highest BCUT2D eigenvalue weighted by molar-refractivity contribution is 5.48. The summed E-state index contributed by atoms with van der Waals surface area (Å²) in [4.78, 5) is 8.24. The second-order valence-electron chi connectivity index (χ2n) is 3.67. The molecular formula is C11H15N5O. The minimum atomic E-state index is 0.506. The van der Waals surface area contributed by atoms with Gasteiger partial charge in [0.2, 0.25) is 11.8 Å². The minimum Gasteiger partial charge on any atom is -0.419 e. The van der Waals surface area contributed by atoms with Crippen LogP contribution in [0.4, 0.5) is 5.82 Å². The van der Waals surface area contributed by atoms with E-state index in [0.29, 0.717) is 11.8 Å². The molecule has 0 amide bonds. The molecule has 0 fully saturated rings. The molecule has 0 unspecified atom stereocenters. The lowest BCUT2D eigenvalue weighted by atomic mass is 10.3. The molecule has 0 spiro atoms. The van der Waals surface area contributed by atoms with Crippen LogP contribution in [0.1, 0.15) is 18.2 Å². The molecule has 2 heterocycles. The number of aromatic amines is 1. The Morgan fingerprint density at radius 2 is 2.18 bits per heavy atom. The summed E-state index contributed by atoms with van der Waals surface area (Å²) < 4.78 is 5.58. The van der Waals surface area contributed by atoms with E-state index in [1.165, 1.54) is 6.33 Å². The zero-order valence-corrected chi connectivity index (χ0v) is 10.1. The van der Waals surface area contributed by atoms with Crippen molar-refractivity contribution in [2.24, 2.45) is 0 Å². The fourth-order valence-electron chi connectivity index (χ4n) is 1.43. The van der Waals surface area contributed by atoms with E-state index >= 15 is 0 Å². The maximum atomic E-state index is 5.58. The number of ether oxygens (including phenoxy) is 1. The Morgan fingerprint density at radius 3 is 2.82 bits per heavy atom. The van der Waals surface area contributed by atoms with Gasteiger partial charge in [0, 0.05) is 18.3 Å². The van der Waals surface area contributed by atoms with E-state index < -0.39 is 0 Å². The quantitative estimate of drug-likeness (QED) is 0.845. The van der Waals surface area contributed by atoms with Gasteiger partial charge in [0.05, 0.1) is 5.56 Å². The van der Waals surface area contributed by atoms with Gasteiger partial charge in [-0.1, -0.05) is 0 Å². The van der Waals surface area contributed by atoms with Gasteiger partial charge in [-0.2, -0.15) is 0 Å². The lowest BCUT2D eigenvalue weighted by molar-refractivity contribution is 0.439. The lowest BCUT2D eigenvalue weighted by Gasteiger charge is -2.09. The van der Waals surface area contributed by atoms with Crippen molar-refractivity contribution in [3.63, 3.8) is 0 Å². The molecule has 2 rings (SSSR count). The van der Waals surface area contributed by atoms with Gasteiger partial charge >= 0.3 is 0 Å². The normalized spacial score (nSPS) is 10.3.